The number of rotatable bonds is 3. The number of hydrogen-bond acceptors (Lipinski definition) is 3. The third-order valence-corrected chi connectivity index (χ3v) is 6.07. The molecular weight excluding hydrogens is 391 g/mol. The maximum absolute atomic E-state index is 13.8. The largest absolute Gasteiger partial charge is 0.418 e. The van der Waals surface area contributed by atoms with Crippen molar-refractivity contribution in [1.82, 2.24) is 9.88 Å². The fourth-order valence-corrected chi connectivity index (χ4v) is 4.53. The molecule has 1 aliphatic heterocycles. The Kier molecular flexibility index (Phi) is 4.68. The minimum absolute atomic E-state index is 0.0259. The molecule has 0 spiro atoms. The number of hydrogen-bond donors (Lipinski definition) is 2. The lowest BCUT2D eigenvalue weighted by atomic mass is 9.88. The van der Waals surface area contributed by atoms with Crippen LogP contribution in [0.3, 0.4) is 0 Å². The van der Waals surface area contributed by atoms with Gasteiger partial charge >= 0.3 is 6.18 Å². The first-order valence-electron chi connectivity index (χ1n) is 9.78. The maximum atomic E-state index is 13.8. The zero-order chi connectivity index (χ0) is 21.8. The lowest BCUT2D eigenvalue weighted by Gasteiger charge is -2.36. The smallest absolute Gasteiger partial charge is 0.372 e. The molecule has 0 aliphatic carbocycles. The number of aryl methyl sites for hydroxylation is 2. The molecule has 7 heteroatoms. The first-order valence-corrected chi connectivity index (χ1v) is 9.78. The highest BCUT2D eigenvalue weighted by Gasteiger charge is 2.42. The van der Waals surface area contributed by atoms with Gasteiger partial charge in [-0.1, -0.05) is 19.1 Å². The Morgan fingerprint density at radius 2 is 1.90 bits per heavy atom. The molecule has 1 aliphatic rings. The Hall–Kier alpha value is -2.82. The zero-order valence-electron chi connectivity index (χ0n) is 17.0. The van der Waals surface area contributed by atoms with E-state index in [1.54, 1.807) is 30.9 Å². The summed E-state index contributed by atoms with van der Waals surface area (Å²) >= 11 is 0. The number of benzene rings is 2. The van der Waals surface area contributed by atoms with Gasteiger partial charge in [0.2, 0.25) is 0 Å². The second-order valence-electron chi connectivity index (χ2n) is 8.00. The van der Waals surface area contributed by atoms with Gasteiger partial charge in [0.15, 0.2) is 0 Å². The Morgan fingerprint density at radius 3 is 2.53 bits per heavy atom. The quantitative estimate of drug-likeness (QED) is 0.627. The second kappa shape index (κ2) is 6.86. The van der Waals surface area contributed by atoms with Crippen molar-refractivity contribution in [2.75, 3.05) is 0 Å². The van der Waals surface area contributed by atoms with Gasteiger partial charge in [0.1, 0.15) is 5.72 Å². The van der Waals surface area contributed by atoms with Crippen molar-refractivity contribution in [3.05, 3.63) is 69.4 Å². The van der Waals surface area contributed by atoms with Crippen LogP contribution in [0.4, 0.5) is 13.2 Å². The summed E-state index contributed by atoms with van der Waals surface area (Å²) in [5.41, 5.74) is 2.05. The van der Waals surface area contributed by atoms with Crippen LogP contribution in [0.1, 0.15) is 52.8 Å². The second-order valence-corrected chi connectivity index (χ2v) is 8.00. The van der Waals surface area contributed by atoms with Gasteiger partial charge in [-0.15, -0.1) is 0 Å². The monoisotopic (exact) mass is 413 g/mol. The molecule has 1 aromatic heterocycles. The molecule has 4 rings (SSSR count). The van der Waals surface area contributed by atoms with Crippen LogP contribution < -0.4 is 0 Å². The fourth-order valence-electron chi connectivity index (χ4n) is 4.53. The van der Waals surface area contributed by atoms with Gasteiger partial charge in [0.05, 0.1) is 17.2 Å². The Labute approximate surface area is 172 Å². The lowest BCUT2D eigenvalue weighted by molar-refractivity contribution is -0.136. The topological polar surface area (TPSA) is 63.0 Å². The molecule has 0 saturated carbocycles. The molecule has 0 amide bonds. The summed E-state index contributed by atoms with van der Waals surface area (Å²) in [7, 11) is 0. The van der Waals surface area contributed by atoms with E-state index < -0.39 is 17.5 Å². The number of halogens is 3. The molecule has 3 aromatic rings. The van der Waals surface area contributed by atoms with Crippen molar-refractivity contribution in [3.8, 4) is 6.07 Å². The number of H-pyrrole nitrogens is 1. The van der Waals surface area contributed by atoms with Gasteiger partial charge < -0.3 is 10.1 Å². The molecule has 0 radical (unpaired) electrons. The standard InChI is InChI=1S/C23H22F3N3O/c1-4-15-7-13(2)21-19(18(10-28-21)23(24,25)26)20(15)22(3,30)29-11-16-6-5-14(9-27)8-17(16)12-29/h5-8,10,28,30H,4,11-12H2,1-3H3. The third kappa shape index (κ3) is 3.08. The maximum Gasteiger partial charge on any atom is 0.418 e. The Balaban J connectivity index is 1.91. The van der Waals surface area contributed by atoms with Crippen LogP contribution in [-0.2, 0) is 31.4 Å². The number of alkyl halides is 3. The van der Waals surface area contributed by atoms with Gasteiger partial charge in [0, 0.05) is 35.8 Å². The SMILES string of the molecule is CCc1cc(C)c2[nH]cc(C(F)(F)F)c2c1C(C)(O)N1Cc2ccc(C#N)cc2C1. The first-order chi connectivity index (χ1) is 14.1. The van der Waals surface area contributed by atoms with E-state index in [2.05, 4.69) is 11.1 Å². The van der Waals surface area contributed by atoms with E-state index in [9.17, 15) is 18.3 Å². The summed E-state index contributed by atoms with van der Waals surface area (Å²) in [5.74, 6) is 0. The molecule has 0 saturated heterocycles. The molecule has 30 heavy (non-hydrogen) atoms. The van der Waals surface area contributed by atoms with E-state index in [-0.39, 0.29) is 10.9 Å². The van der Waals surface area contributed by atoms with Crippen molar-refractivity contribution in [2.24, 2.45) is 0 Å². The Bertz CT molecular complexity index is 1190. The number of nitrogens with one attached hydrogen (secondary N) is 1. The van der Waals surface area contributed by atoms with Crippen LogP contribution in [0, 0.1) is 18.3 Å². The van der Waals surface area contributed by atoms with E-state index >= 15 is 0 Å². The first kappa shape index (κ1) is 20.5. The summed E-state index contributed by atoms with van der Waals surface area (Å²) in [5, 5.41) is 20.8. The summed E-state index contributed by atoms with van der Waals surface area (Å²) in [6, 6.07) is 9.28. The summed E-state index contributed by atoms with van der Waals surface area (Å²) in [6.45, 7) is 5.94. The average Bonchev–Trinajstić information content (AvgIpc) is 3.31. The molecule has 1 unspecified atom stereocenters. The fraction of sp³-hybridized carbons (Fsp3) is 0.348. The zero-order valence-corrected chi connectivity index (χ0v) is 17.0. The highest BCUT2D eigenvalue weighted by atomic mass is 19.4. The van der Waals surface area contributed by atoms with Crippen molar-refractivity contribution >= 4 is 10.9 Å². The predicted molar refractivity (Wildman–Crippen MR) is 107 cm³/mol. The summed E-state index contributed by atoms with van der Waals surface area (Å²) < 4.78 is 41.4. The number of fused-ring (bicyclic) bond motifs is 2. The molecule has 156 valence electrons. The highest BCUT2D eigenvalue weighted by Crippen LogP contribution is 2.44. The van der Waals surface area contributed by atoms with Crippen molar-refractivity contribution < 1.29 is 18.3 Å². The van der Waals surface area contributed by atoms with E-state index in [0.29, 0.717) is 41.7 Å². The number of aromatic amines is 1. The van der Waals surface area contributed by atoms with Crippen LogP contribution in [-0.4, -0.2) is 15.0 Å². The van der Waals surface area contributed by atoms with E-state index in [4.69, 9.17) is 5.26 Å². The summed E-state index contributed by atoms with van der Waals surface area (Å²) in [4.78, 5) is 4.52. The van der Waals surface area contributed by atoms with Gasteiger partial charge in [-0.2, -0.15) is 18.4 Å². The number of nitriles is 1. The number of nitrogens with zero attached hydrogens (tertiary/aromatic N) is 2. The van der Waals surface area contributed by atoms with Crippen LogP contribution in [0.2, 0.25) is 0 Å². The van der Waals surface area contributed by atoms with Crippen molar-refractivity contribution in [2.45, 2.75) is 52.2 Å². The predicted octanol–water partition coefficient (Wildman–Crippen LogP) is 5.11. The van der Waals surface area contributed by atoms with E-state index in [1.165, 1.54) is 0 Å². The van der Waals surface area contributed by atoms with E-state index in [1.807, 2.05) is 19.1 Å². The van der Waals surface area contributed by atoms with Crippen LogP contribution in [0.25, 0.3) is 10.9 Å². The van der Waals surface area contributed by atoms with Crippen LogP contribution in [0.15, 0.2) is 30.5 Å². The molecule has 4 nitrogen and oxygen atoms in total. The van der Waals surface area contributed by atoms with Gasteiger partial charge in [-0.05, 0) is 54.7 Å². The minimum atomic E-state index is -4.54. The molecule has 2 N–H and O–H groups in total. The normalized spacial score (nSPS) is 16.5. The number of aromatic nitrogens is 1. The molecular formula is C23H22F3N3O. The molecule has 2 heterocycles. The molecule has 0 fully saturated rings. The summed E-state index contributed by atoms with van der Waals surface area (Å²) in [6.07, 6.45) is -3.07. The number of aliphatic hydroxyl groups is 1. The van der Waals surface area contributed by atoms with Crippen molar-refractivity contribution in [1.29, 1.82) is 5.26 Å². The van der Waals surface area contributed by atoms with Gasteiger partial charge in [-0.25, -0.2) is 0 Å². The van der Waals surface area contributed by atoms with Crippen LogP contribution in [0.5, 0.6) is 0 Å². The molecule has 0 bridgehead atoms. The lowest BCUT2D eigenvalue weighted by Crippen LogP contribution is -2.41. The van der Waals surface area contributed by atoms with Crippen molar-refractivity contribution in [3.63, 3.8) is 0 Å². The minimum Gasteiger partial charge on any atom is -0.372 e. The Morgan fingerprint density at radius 1 is 1.20 bits per heavy atom. The van der Waals surface area contributed by atoms with Crippen LogP contribution >= 0.6 is 0 Å². The van der Waals surface area contributed by atoms with E-state index in [0.717, 1.165) is 17.3 Å². The highest BCUT2D eigenvalue weighted by molar-refractivity contribution is 5.91. The molecule has 2 aromatic carbocycles. The molecule has 1 atom stereocenters. The van der Waals surface area contributed by atoms with Gasteiger partial charge in [0.25, 0.3) is 0 Å². The average molecular weight is 413 g/mol. The van der Waals surface area contributed by atoms with Gasteiger partial charge in [-0.3, -0.25) is 4.90 Å². The third-order valence-electron chi connectivity index (χ3n) is 6.07.